The molecule has 0 aromatic heterocycles. The third-order valence-electron chi connectivity index (χ3n) is 4.95. The number of hydrogen-bond donors (Lipinski definition) is 0. The third-order valence-corrected chi connectivity index (χ3v) is 4.95. The number of benzene rings is 2. The van der Waals surface area contributed by atoms with Crippen molar-refractivity contribution >= 4 is 12.6 Å². The molecule has 1 fully saturated rings. The van der Waals surface area contributed by atoms with Crippen LogP contribution in [0.5, 0.6) is 5.75 Å². The first-order valence-corrected chi connectivity index (χ1v) is 8.51. The number of hydrogen-bond acceptors (Lipinski definition) is 3. The lowest BCUT2D eigenvalue weighted by molar-refractivity contribution is 0.00578. The molecule has 25 heavy (non-hydrogen) atoms. The van der Waals surface area contributed by atoms with Crippen LogP contribution in [0, 0.1) is 12.7 Å². The molecule has 0 atom stereocenters. The van der Waals surface area contributed by atoms with Crippen LogP contribution in [0.25, 0.3) is 0 Å². The van der Waals surface area contributed by atoms with E-state index in [1.165, 1.54) is 17.7 Å². The van der Waals surface area contributed by atoms with Gasteiger partial charge in [-0.1, -0.05) is 29.8 Å². The summed E-state index contributed by atoms with van der Waals surface area (Å²) < 4.78 is 31.8. The lowest BCUT2D eigenvalue weighted by atomic mass is 9.79. The molecule has 1 aliphatic rings. The first-order chi connectivity index (χ1) is 11.7. The smallest absolute Gasteiger partial charge is 0.489 e. The molecule has 0 unspecified atom stereocenters. The van der Waals surface area contributed by atoms with E-state index in [0.29, 0.717) is 17.8 Å². The average molecular weight is 342 g/mol. The van der Waals surface area contributed by atoms with Gasteiger partial charge in [-0.05, 0) is 57.8 Å². The SMILES string of the molecule is Cc1ccc(COc2cc(F)cc(B3OC(C)(C)C(C)(C)O3)c2)cc1. The first kappa shape index (κ1) is 18.0. The average Bonchev–Trinajstić information content (AvgIpc) is 2.74. The molecule has 0 aliphatic carbocycles. The number of aryl methyl sites for hydroxylation is 1. The zero-order chi connectivity index (χ0) is 18.2. The van der Waals surface area contributed by atoms with Crippen LogP contribution >= 0.6 is 0 Å². The topological polar surface area (TPSA) is 27.7 Å². The minimum atomic E-state index is -0.609. The van der Waals surface area contributed by atoms with E-state index in [2.05, 4.69) is 0 Å². The van der Waals surface area contributed by atoms with Gasteiger partial charge in [0.1, 0.15) is 18.2 Å². The molecular weight excluding hydrogens is 318 g/mol. The quantitative estimate of drug-likeness (QED) is 0.786. The molecule has 1 saturated heterocycles. The Hall–Kier alpha value is -1.85. The van der Waals surface area contributed by atoms with Gasteiger partial charge in [0.25, 0.3) is 0 Å². The van der Waals surface area contributed by atoms with Gasteiger partial charge < -0.3 is 14.0 Å². The fourth-order valence-electron chi connectivity index (χ4n) is 2.63. The van der Waals surface area contributed by atoms with Gasteiger partial charge in [-0.2, -0.15) is 0 Å². The zero-order valence-corrected chi connectivity index (χ0v) is 15.4. The number of halogens is 1. The van der Waals surface area contributed by atoms with Crippen LogP contribution in [0.3, 0.4) is 0 Å². The fraction of sp³-hybridized carbons (Fsp3) is 0.400. The Kier molecular flexibility index (Phi) is 4.65. The van der Waals surface area contributed by atoms with Gasteiger partial charge in [0.15, 0.2) is 0 Å². The zero-order valence-electron chi connectivity index (χ0n) is 15.4. The standard InChI is InChI=1S/C20H24BFO3/c1-14-6-8-15(9-7-14)13-23-18-11-16(10-17(22)12-18)21-24-19(2,3)20(4,5)25-21/h6-12H,13H2,1-5H3. The Morgan fingerprint density at radius 2 is 1.56 bits per heavy atom. The summed E-state index contributed by atoms with van der Waals surface area (Å²) in [6.45, 7) is 10.3. The predicted molar refractivity (Wildman–Crippen MR) is 97.6 cm³/mol. The molecule has 2 aromatic rings. The van der Waals surface area contributed by atoms with E-state index < -0.39 is 18.3 Å². The van der Waals surface area contributed by atoms with Crippen molar-refractivity contribution in [3.05, 3.63) is 59.4 Å². The van der Waals surface area contributed by atoms with Crippen molar-refractivity contribution in [2.45, 2.75) is 52.4 Å². The second-order valence-corrected chi connectivity index (χ2v) is 7.58. The molecule has 0 amide bonds. The summed E-state index contributed by atoms with van der Waals surface area (Å²) in [5.74, 6) is 0.0939. The molecule has 3 nitrogen and oxygen atoms in total. The van der Waals surface area contributed by atoms with E-state index in [0.717, 1.165) is 5.56 Å². The summed E-state index contributed by atoms with van der Waals surface area (Å²) in [5.41, 5.74) is 1.92. The predicted octanol–water partition coefficient (Wildman–Crippen LogP) is 4.01. The summed E-state index contributed by atoms with van der Waals surface area (Å²) in [6, 6.07) is 12.6. The molecule has 0 saturated carbocycles. The highest BCUT2D eigenvalue weighted by atomic mass is 19.1. The van der Waals surface area contributed by atoms with Gasteiger partial charge >= 0.3 is 7.12 Å². The second-order valence-electron chi connectivity index (χ2n) is 7.58. The third kappa shape index (κ3) is 3.88. The van der Waals surface area contributed by atoms with Crippen molar-refractivity contribution < 1.29 is 18.4 Å². The van der Waals surface area contributed by atoms with E-state index in [9.17, 15) is 4.39 Å². The van der Waals surface area contributed by atoms with E-state index in [4.69, 9.17) is 14.0 Å². The maximum absolute atomic E-state index is 14.1. The van der Waals surface area contributed by atoms with Crippen molar-refractivity contribution in [2.75, 3.05) is 0 Å². The van der Waals surface area contributed by atoms with Crippen molar-refractivity contribution in [1.29, 1.82) is 0 Å². The Labute approximate surface area is 149 Å². The van der Waals surface area contributed by atoms with Crippen molar-refractivity contribution in [1.82, 2.24) is 0 Å². The van der Waals surface area contributed by atoms with Gasteiger partial charge in [-0.15, -0.1) is 0 Å². The molecule has 5 heteroatoms. The lowest BCUT2D eigenvalue weighted by Crippen LogP contribution is -2.41. The lowest BCUT2D eigenvalue weighted by Gasteiger charge is -2.32. The van der Waals surface area contributed by atoms with Gasteiger partial charge in [0, 0.05) is 6.07 Å². The van der Waals surface area contributed by atoms with Crippen molar-refractivity contribution in [2.24, 2.45) is 0 Å². The molecular formula is C20H24BFO3. The highest BCUT2D eigenvalue weighted by Crippen LogP contribution is 2.36. The summed E-state index contributed by atoms with van der Waals surface area (Å²) in [5, 5.41) is 0. The molecule has 1 heterocycles. The molecule has 0 bridgehead atoms. The van der Waals surface area contributed by atoms with E-state index in [1.54, 1.807) is 6.07 Å². The fourth-order valence-corrected chi connectivity index (χ4v) is 2.63. The van der Waals surface area contributed by atoms with Crippen LogP contribution in [0.2, 0.25) is 0 Å². The van der Waals surface area contributed by atoms with Crippen LogP contribution in [-0.2, 0) is 15.9 Å². The largest absolute Gasteiger partial charge is 0.495 e. The van der Waals surface area contributed by atoms with Crippen LogP contribution in [0.1, 0.15) is 38.8 Å². The van der Waals surface area contributed by atoms with E-state index >= 15 is 0 Å². The molecule has 1 aliphatic heterocycles. The minimum Gasteiger partial charge on any atom is -0.489 e. The molecule has 2 aromatic carbocycles. The van der Waals surface area contributed by atoms with E-state index in [1.807, 2.05) is 58.9 Å². The van der Waals surface area contributed by atoms with Crippen LogP contribution in [-0.4, -0.2) is 18.3 Å². The second kappa shape index (κ2) is 6.47. The minimum absolute atomic E-state index is 0.369. The van der Waals surface area contributed by atoms with Crippen molar-refractivity contribution in [3.8, 4) is 5.75 Å². The Morgan fingerprint density at radius 3 is 2.16 bits per heavy atom. The molecule has 3 rings (SSSR count). The van der Waals surface area contributed by atoms with E-state index in [-0.39, 0.29) is 5.82 Å². The Bertz CT molecular complexity index is 740. The monoisotopic (exact) mass is 342 g/mol. The van der Waals surface area contributed by atoms with Crippen LogP contribution in [0.4, 0.5) is 4.39 Å². The molecule has 0 N–H and O–H groups in total. The van der Waals surface area contributed by atoms with Gasteiger partial charge in [-0.3, -0.25) is 0 Å². The van der Waals surface area contributed by atoms with Gasteiger partial charge in [-0.25, -0.2) is 4.39 Å². The number of ether oxygens (including phenoxy) is 1. The maximum Gasteiger partial charge on any atom is 0.495 e. The summed E-state index contributed by atoms with van der Waals surface area (Å²) >= 11 is 0. The Morgan fingerprint density at radius 1 is 0.960 bits per heavy atom. The Balaban J connectivity index is 1.76. The normalized spacial score (nSPS) is 18.4. The molecule has 0 radical (unpaired) electrons. The first-order valence-electron chi connectivity index (χ1n) is 8.51. The molecule has 0 spiro atoms. The maximum atomic E-state index is 14.1. The summed E-state index contributed by atoms with van der Waals surface area (Å²) in [6.07, 6.45) is 0. The van der Waals surface area contributed by atoms with Crippen LogP contribution in [0.15, 0.2) is 42.5 Å². The highest BCUT2D eigenvalue weighted by molar-refractivity contribution is 6.62. The highest BCUT2D eigenvalue weighted by Gasteiger charge is 2.51. The van der Waals surface area contributed by atoms with Gasteiger partial charge in [0.2, 0.25) is 0 Å². The van der Waals surface area contributed by atoms with Crippen molar-refractivity contribution in [3.63, 3.8) is 0 Å². The number of rotatable bonds is 4. The summed E-state index contributed by atoms with van der Waals surface area (Å²) in [7, 11) is -0.609. The van der Waals surface area contributed by atoms with Crippen LogP contribution < -0.4 is 10.2 Å². The molecule has 132 valence electrons. The summed E-state index contributed by atoms with van der Waals surface area (Å²) in [4.78, 5) is 0. The van der Waals surface area contributed by atoms with Gasteiger partial charge in [0.05, 0.1) is 11.2 Å².